The molecule has 100 valence electrons. The normalized spacial score (nSPS) is 15.9. The van der Waals surface area contributed by atoms with Crippen LogP contribution in [0, 0.1) is 0 Å². The molecule has 19 heavy (non-hydrogen) atoms. The van der Waals surface area contributed by atoms with Crippen LogP contribution in [0.15, 0.2) is 18.2 Å². The highest BCUT2D eigenvalue weighted by Crippen LogP contribution is 2.34. The molecular formula is C17H21NO. The molecule has 1 aromatic heterocycles. The van der Waals surface area contributed by atoms with Gasteiger partial charge in [-0.25, -0.2) is 0 Å². The highest BCUT2D eigenvalue weighted by molar-refractivity contribution is 6.04. The summed E-state index contributed by atoms with van der Waals surface area (Å²) in [5.74, 6) is 0.303. The zero-order chi connectivity index (χ0) is 13.8. The molecule has 0 saturated carbocycles. The van der Waals surface area contributed by atoms with Gasteiger partial charge in [-0.2, -0.15) is 0 Å². The van der Waals surface area contributed by atoms with Gasteiger partial charge in [-0.3, -0.25) is 4.79 Å². The predicted octanol–water partition coefficient (Wildman–Crippen LogP) is 3.99. The molecule has 0 N–H and O–H groups in total. The first-order valence-electron chi connectivity index (χ1n) is 7.04. The Hall–Kier alpha value is -1.57. The Morgan fingerprint density at radius 2 is 1.89 bits per heavy atom. The van der Waals surface area contributed by atoms with Crippen molar-refractivity contribution in [3.8, 4) is 0 Å². The number of Topliss-reactive ketones (excluding diaryl/α,β-unsaturated/α-hetero) is 1. The van der Waals surface area contributed by atoms with Crippen molar-refractivity contribution in [3.05, 3.63) is 35.0 Å². The van der Waals surface area contributed by atoms with Gasteiger partial charge in [0.05, 0.1) is 5.69 Å². The number of nitrogens with zero attached hydrogens (tertiary/aromatic N) is 1. The van der Waals surface area contributed by atoms with E-state index < -0.39 is 0 Å². The first kappa shape index (κ1) is 12.5. The van der Waals surface area contributed by atoms with Crippen molar-refractivity contribution in [3.63, 3.8) is 0 Å². The van der Waals surface area contributed by atoms with Crippen LogP contribution in [0.4, 0.5) is 0 Å². The van der Waals surface area contributed by atoms with Crippen molar-refractivity contribution < 1.29 is 4.79 Å². The maximum Gasteiger partial charge on any atom is 0.179 e. The van der Waals surface area contributed by atoms with Crippen LogP contribution in [-0.2, 0) is 18.9 Å². The van der Waals surface area contributed by atoms with Crippen LogP contribution in [0.2, 0.25) is 0 Å². The predicted molar refractivity (Wildman–Crippen MR) is 78.9 cm³/mol. The number of ketones is 1. The van der Waals surface area contributed by atoms with Crippen molar-refractivity contribution in [2.75, 3.05) is 0 Å². The quantitative estimate of drug-likeness (QED) is 0.697. The number of fused-ring (bicyclic) bond motifs is 3. The SMILES string of the molecule is Cn1c2c(c3cc(C(C)(C)C)ccc31)CCCC2=O. The van der Waals surface area contributed by atoms with Gasteiger partial charge in [0.25, 0.3) is 0 Å². The number of rotatable bonds is 0. The summed E-state index contributed by atoms with van der Waals surface area (Å²) in [4.78, 5) is 12.1. The van der Waals surface area contributed by atoms with E-state index in [9.17, 15) is 4.79 Å². The van der Waals surface area contributed by atoms with Crippen LogP contribution >= 0.6 is 0 Å². The Balaban J connectivity index is 2.32. The summed E-state index contributed by atoms with van der Waals surface area (Å²) in [6, 6.07) is 6.65. The molecule has 1 heterocycles. The average molecular weight is 255 g/mol. The van der Waals surface area contributed by atoms with E-state index >= 15 is 0 Å². The number of carbonyl (C=O) groups excluding carboxylic acids is 1. The Labute approximate surface area is 114 Å². The minimum atomic E-state index is 0.148. The number of hydrogen-bond donors (Lipinski definition) is 0. The lowest BCUT2D eigenvalue weighted by Gasteiger charge is -2.19. The molecule has 0 radical (unpaired) electrons. The van der Waals surface area contributed by atoms with Crippen molar-refractivity contribution >= 4 is 16.7 Å². The molecule has 0 fully saturated rings. The molecule has 0 aliphatic heterocycles. The van der Waals surface area contributed by atoms with E-state index in [4.69, 9.17) is 0 Å². The zero-order valence-corrected chi connectivity index (χ0v) is 12.2. The molecule has 0 bridgehead atoms. The van der Waals surface area contributed by atoms with E-state index in [1.165, 1.54) is 22.0 Å². The van der Waals surface area contributed by atoms with Gasteiger partial charge < -0.3 is 4.57 Å². The third-order valence-electron chi connectivity index (χ3n) is 4.27. The summed E-state index contributed by atoms with van der Waals surface area (Å²) in [6.45, 7) is 6.69. The Morgan fingerprint density at radius 1 is 1.16 bits per heavy atom. The van der Waals surface area contributed by atoms with Gasteiger partial charge in [-0.15, -0.1) is 0 Å². The van der Waals surface area contributed by atoms with Crippen LogP contribution in [0.3, 0.4) is 0 Å². The fourth-order valence-corrected chi connectivity index (χ4v) is 3.14. The van der Waals surface area contributed by atoms with Gasteiger partial charge in [0.1, 0.15) is 0 Å². The minimum Gasteiger partial charge on any atom is -0.341 e. The van der Waals surface area contributed by atoms with Crippen molar-refractivity contribution in [1.29, 1.82) is 0 Å². The standard InChI is InChI=1S/C17H21NO/c1-17(2,3)11-8-9-14-13(10-11)12-6-5-7-15(19)16(12)18(14)4/h8-10H,5-7H2,1-4H3. The fraction of sp³-hybridized carbons (Fsp3) is 0.471. The molecule has 3 rings (SSSR count). The van der Waals surface area contributed by atoms with E-state index in [2.05, 4.69) is 43.5 Å². The van der Waals surface area contributed by atoms with Gasteiger partial charge in [-0.1, -0.05) is 26.8 Å². The Kier molecular flexibility index (Phi) is 2.60. The number of benzene rings is 1. The van der Waals surface area contributed by atoms with Crippen molar-refractivity contribution in [1.82, 2.24) is 4.57 Å². The first-order valence-corrected chi connectivity index (χ1v) is 7.04. The third-order valence-corrected chi connectivity index (χ3v) is 4.27. The number of hydrogen-bond acceptors (Lipinski definition) is 1. The second kappa shape index (κ2) is 3.96. The molecular weight excluding hydrogens is 234 g/mol. The van der Waals surface area contributed by atoms with E-state index in [0.29, 0.717) is 12.2 Å². The van der Waals surface area contributed by atoms with Crippen molar-refractivity contribution in [2.45, 2.75) is 45.4 Å². The maximum atomic E-state index is 12.1. The third kappa shape index (κ3) is 1.81. The van der Waals surface area contributed by atoms with E-state index in [1.807, 2.05) is 7.05 Å². The zero-order valence-electron chi connectivity index (χ0n) is 12.2. The molecule has 0 amide bonds. The summed E-state index contributed by atoms with van der Waals surface area (Å²) in [5, 5.41) is 1.28. The lowest BCUT2D eigenvalue weighted by atomic mass is 9.85. The summed E-state index contributed by atoms with van der Waals surface area (Å²) >= 11 is 0. The van der Waals surface area contributed by atoms with Crippen LogP contribution in [0.1, 0.15) is 55.2 Å². The molecule has 2 aromatic rings. The van der Waals surface area contributed by atoms with Crippen molar-refractivity contribution in [2.24, 2.45) is 7.05 Å². The van der Waals surface area contributed by atoms with E-state index in [0.717, 1.165) is 18.5 Å². The van der Waals surface area contributed by atoms with Crippen LogP contribution in [-0.4, -0.2) is 10.4 Å². The van der Waals surface area contributed by atoms with Gasteiger partial charge >= 0.3 is 0 Å². The molecule has 0 atom stereocenters. The molecule has 1 aromatic carbocycles. The van der Waals surface area contributed by atoms with E-state index in [-0.39, 0.29) is 5.41 Å². The molecule has 0 spiro atoms. The molecule has 2 heteroatoms. The van der Waals surface area contributed by atoms with Crippen LogP contribution in [0.25, 0.3) is 10.9 Å². The summed E-state index contributed by atoms with van der Waals surface area (Å²) in [7, 11) is 2.02. The van der Waals surface area contributed by atoms with E-state index in [1.54, 1.807) is 0 Å². The van der Waals surface area contributed by atoms with Gasteiger partial charge in [0.15, 0.2) is 5.78 Å². The Bertz CT molecular complexity index is 671. The van der Waals surface area contributed by atoms with Gasteiger partial charge in [0, 0.05) is 24.4 Å². The molecule has 1 aliphatic rings. The smallest absolute Gasteiger partial charge is 0.179 e. The largest absolute Gasteiger partial charge is 0.341 e. The maximum absolute atomic E-state index is 12.1. The van der Waals surface area contributed by atoms with Gasteiger partial charge in [-0.05, 0) is 41.5 Å². The van der Waals surface area contributed by atoms with Gasteiger partial charge in [0.2, 0.25) is 0 Å². The summed E-state index contributed by atoms with van der Waals surface area (Å²) < 4.78 is 2.08. The molecule has 1 aliphatic carbocycles. The molecule has 0 unspecified atom stereocenters. The lowest BCUT2D eigenvalue weighted by molar-refractivity contribution is 0.0965. The highest BCUT2D eigenvalue weighted by atomic mass is 16.1. The monoisotopic (exact) mass is 255 g/mol. The number of carbonyl (C=O) groups is 1. The molecule has 2 nitrogen and oxygen atoms in total. The van der Waals surface area contributed by atoms with Crippen LogP contribution in [0.5, 0.6) is 0 Å². The summed E-state index contributed by atoms with van der Waals surface area (Å²) in [6.07, 6.45) is 2.72. The highest BCUT2D eigenvalue weighted by Gasteiger charge is 2.25. The number of aromatic nitrogens is 1. The second-order valence-electron chi connectivity index (χ2n) is 6.64. The summed E-state index contributed by atoms with van der Waals surface area (Å²) in [5.41, 5.74) is 4.88. The topological polar surface area (TPSA) is 22.0 Å². The second-order valence-corrected chi connectivity index (χ2v) is 6.64. The molecule has 0 saturated heterocycles. The first-order chi connectivity index (χ1) is 8.89. The minimum absolute atomic E-state index is 0.148. The fourth-order valence-electron chi connectivity index (χ4n) is 3.14. The average Bonchev–Trinajstić information content (AvgIpc) is 2.63. The Morgan fingerprint density at radius 3 is 2.58 bits per heavy atom. The lowest BCUT2D eigenvalue weighted by Crippen LogP contribution is -2.13. The number of aryl methyl sites for hydroxylation is 2. The van der Waals surface area contributed by atoms with Crippen LogP contribution < -0.4 is 0 Å².